The van der Waals surface area contributed by atoms with Gasteiger partial charge in [-0.1, -0.05) is 12.1 Å². The fourth-order valence-corrected chi connectivity index (χ4v) is 2.64. The number of methoxy groups -OCH3 is 1. The van der Waals surface area contributed by atoms with Gasteiger partial charge in [0.1, 0.15) is 0 Å². The first kappa shape index (κ1) is 17.1. The number of esters is 1. The largest absolute Gasteiger partial charge is 0.478 e. The van der Waals surface area contributed by atoms with E-state index in [1.54, 1.807) is 12.1 Å². The number of hydrogen-bond acceptors (Lipinski definition) is 5. The molecule has 0 amide bonds. The van der Waals surface area contributed by atoms with Crippen LogP contribution in [-0.2, 0) is 26.1 Å². The highest BCUT2D eigenvalue weighted by Gasteiger charge is 2.12. The normalized spacial score (nSPS) is 11.1. The number of carboxylic acids is 1. The number of rotatable bonds is 8. The molecule has 0 fully saturated rings. The minimum absolute atomic E-state index is 0.00166. The molecule has 0 bridgehead atoms. The summed E-state index contributed by atoms with van der Waals surface area (Å²) in [6.07, 6.45) is 0.198. The third-order valence-electron chi connectivity index (χ3n) is 2.69. The third kappa shape index (κ3) is 6.37. The Morgan fingerprint density at radius 1 is 1.33 bits per heavy atom. The van der Waals surface area contributed by atoms with Crippen molar-refractivity contribution in [2.75, 3.05) is 12.9 Å². The van der Waals surface area contributed by atoms with Gasteiger partial charge in [0.05, 0.1) is 18.4 Å². The van der Waals surface area contributed by atoms with E-state index >= 15 is 0 Å². The van der Waals surface area contributed by atoms with Crippen LogP contribution in [0.2, 0.25) is 0 Å². The fraction of sp³-hybridized carbons (Fsp3) is 0.385. The predicted molar refractivity (Wildman–Crippen MR) is 75.3 cm³/mol. The summed E-state index contributed by atoms with van der Waals surface area (Å²) in [5.74, 6) is -1.72. The molecule has 0 aliphatic carbocycles. The first-order chi connectivity index (χ1) is 9.84. The highest BCUT2D eigenvalue weighted by atomic mass is 32.2. The molecule has 1 aromatic rings. The van der Waals surface area contributed by atoms with Crippen LogP contribution in [-0.4, -0.2) is 38.3 Å². The summed E-state index contributed by atoms with van der Waals surface area (Å²) in [6.45, 7) is 0.00166. The summed E-state index contributed by atoms with van der Waals surface area (Å²) in [5, 5.41) is 8.85. The molecule has 0 radical (unpaired) electrons. The summed E-state index contributed by atoms with van der Waals surface area (Å²) in [4.78, 5) is 21.7. The third-order valence-corrected chi connectivity index (χ3v) is 4.10. The first-order valence-corrected chi connectivity index (χ1v) is 7.85. The quantitative estimate of drug-likeness (QED) is 0.685. The zero-order valence-corrected chi connectivity index (χ0v) is 12.4. The number of carbonyl (C=O) groups excluding carboxylic acids is 1. The minimum atomic E-state index is -3.52. The van der Waals surface area contributed by atoms with Gasteiger partial charge in [-0.05, 0) is 24.1 Å². The molecule has 0 spiro atoms. The SMILES string of the molecule is COC(=O)CCCS(=O)(=O)NCc1cccc(C(=O)O)c1. The van der Waals surface area contributed by atoms with E-state index in [-0.39, 0.29) is 30.7 Å². The highest BCUT2D eigenvalue weighted by molar-refractivity contribution is 7.89. The van der Waals surface area contributed by atoms with Crippen LogP contribution >= 0.6 is 0 Å². The van der Waals surface area contributed by atoms with Crippen LogP contribution in [0, 0.1) is 0 Å². The molecule has 0 heterocycles. The zero-order valence-electron chi connectivity index (χ0n) is 11.5. The second kappa shape index (κ2) is 7.75. The molecule has 1 aromatic carbocycles. The molecule has 116 valence electrons. The number of hydrogen-bond donors (Lipinski definition) is 2. The van der Waals surface area contributed by atoms with E-state index in [1.807, 2.05) is 0 Å². The molecule has 0 saturated heterocycles. The highest BCUT2D eigenvalue weighted by Crippen LogP contribution is 2.06. The summed E-state index contributed by atoms with van der Waals surface area (Å²) >= 11 is 0. The lowest BCUT2D eigenvalue weighted by Gasteiger charge is -2.07. The molecule has 21 heavy (non-hydrogen) atoms. The second-order valence-electron chi connectivity index (χ2n) is 4.33. The van der Waals surface area contributed by atoms with Gasteiger partial charge < -0.3 is 9.84 Å². The molecule has 0 saturated carbocycles. The van der Waals surface area contributed by atoms with Crippen LogP contribution in [0.4, 0.5) is 0 Å². The molecule has 0 aliphatic rings. The maximum absolute atomic E-state index is 11.7. The van der Waals surface area contributed by atoms with E-state index < -0.39 is 22.0 Å². The van der Waals surface area contributed by atoms with Crippen molar-refractivity contribution < 1.29 is 27.9 Å². The zero-order chi connectivity index (χ0) is 15.9. The second-order valence-corrected chi connectivity index (χ2v) is 6.25. The Kier molecular flexibility index (Phi) is 6.32. The van der Waals surface area contributed by atoms with Crippen LogP contribution in [0.25, 0.3) is 0 Å². The lowest BCUT2D eigenvalue weighted by molar-refractivity contribution is -0.140. The van der Waals surface area contributed by atoms with Gasteiger partial charge in [0.25, 0.3) is 0 Å². The number of aromatic carboxylic acids is 1. The number of nitrogens with one attached hydrogen (secondary N) is 1. The molecule has 0 aliphatic heterocycles. The summed E-state index contributed by atoms with van der Waals surface area (Å²) in [7, 11) is -2.28. The number of carboxylic acid groups (broad SMARTS) is 1. The van der Waals surface area contributed by atoms with E-state index in [4.69, 9.17) is 5.11 Å². The van der Waals surface area contributed by atoms with Crippen molar-refractivity contribution in [1.29, 1.82) is 0 Å². The van der Waals surface area contributed by atoms with Crippen molar-refractivity contribution in [3.8, 4) is 0 Å². The number of sulfonamides is 1. The van der Waals surface area contributed by atoms with E-state index in [0.29, 0.717) is 5.56 Å². The Morgan fingerprint density at radius 2 is 2.05 bits per heavy atom. The van der Waals surface area contributed by atoms with Gasteiger partial charge in [0.2, 0.25) is 10.0 Å². The molecule has 8 heteroatoms. The molecule has 0 atom stereocenters. The number of carbonyl (C=O) groups is 2. The van der Waals surface area contributed by atoms with Gasteiger partial charge in [0.15, 0.2) is 0 Å². The van der Waals surface area contributed by atoms with Crippen molar-refractivity contribution in [2.45, 2.75) is 19.4 Å². The smallest absolute Gasteiger partial charge is 0.335 e. The van der Waals surface area contributed by atoms with Crippen molar-refractivity contribution in [3.05, 3.63) is 35.4 Å². The van der Waals surface area contributed by atoms with Crippen LogP contribution in [0.5, 0.6) is 0 Å². The van der Waals surface area contributed by atoms with E-state index in [1.165, 1.54) is 19.2 Å². The summed E-state index contributed by atoms with van der Waals surface area (Å²) in [5.41, 5.74) is 0.642. The predicted octanol–water partition coefficient (Wildman–Crippen LogP) is 0.757. The number of benzene rings is 1. The van der Waals surface area contributed by atoms with Crippen molar-refractivity contribution in [2.24, 2.45) is 0 Å². The van der Waals surface area contributed by atoms with Crippen LogP contribution in [0.3, 0.4) is 0 Å². The van der Waals surface area contributed by atoms with Gasteiger partial charge >= 0.3 is 11.9 Å². The Bertz CT molecular complexity index is 611. The van der Waals surface area contributed by atoms with E-state index in [2.05, 4.69) is 9.46 Å². The number of ether oxygens (including phenoxy) is 1. The molecule has 2 N–H and O–H groups in total. The Labute approximate surface area is 123 Å². The van der Waals surface area contributed by atoms with Gasteiger partial charge in [-0.3, -0.25) is 4.79 Å². The molecule has 0 aromatic heterocycles. The monoisotopic (exact) mass is 315 g/mol. The lowest BCUT2D eigenvalue weighted by atomic mass is 10.1. The standard InChI is InChI=1S/C13H17NO6S/c1-20-12(15)6-3-7-21(18,19)14-9-10-4-2-5-11(8-10)13(16)17/h2,4-5,8,14H,3,6-7,9H2,1H3,(H,16,17). The maximum atomic E-state index is 11.7. The van der Waals surface area contributed by atoms with E-state index in [0.717, 1.165) is 0 Å². The first-order valence-electron chi connectivity index (χ1n) is 6.20. The summed E-state index contributed by atoms with van der Waals surface area (Å²) < 4.78 is 30.2. The van der Waals surface area contributed by atoms with Crippen LogP contribution in [0.1, 0.15) is 28.8 Å². The Hall–Kier alpha value is -1.93. The summed E-state index contributed by atoms with van der Waals surface area (Å²) in [6, 6.07) is 6.00. The van der Waals surface area contributed by atoms with Crippen LogP contribution in [0.15, 0.2) is 24.3 Å². The molecule has 0 unspecified atom stereocenters. The maximum Gasteiger partial charge on any atom is 0.335 e. The minimum Gasteiger partial charge on any atom is -0.478 e. The van der Waals surface area contributed by atoms with Gasteiger partial charge in [-0.15, -0.1) is 0 Å². The van der Waals surface area contributed by atoms with Crippen molar-refractivity contribution in [1.82, 2.24) is 4.72 Å². The topological polar surface area (TPSA) is 110 Å². The average Bonchev–Trinajstić information content (AvgIpc) is 2.45. The molecule has 1 rings (SSSR count). The van der Waals surface area contributed by atoms with E-state index in [9.17, 15) is 18.0 Å². The lowest BCUT2D eigenvalue weighted by Crippen LogP contribution is -2.26. The molecular weight excluding hydrogens is 298 g/mol. The van der Waals surface area contributed by atoms with Crippen molar-refractivity contribution in [3.63, 3.8) is 0 Å². The van der Waals surface area contributed by atoms with Crippen molar-refractivity contribution >= 4 is 22.0 Å². The van der Waals surface area contributed by atoms with Crippen LogP contribution < -0.4 is 4.72 Å². The fourth-order valence-electron chi connectivity index (χ4n) is 1.59. The molecular formula is C13H17NO6S. The average molecular weight is 315 g/mol. The van der Waals surface area contributed by atoms with Gasteiger partial charge in [-0.2, -0.15) is 0 Å². The van der Waals surface area contributed by atoms with Gasteiger partial charge in [-0.25, -0.2) is 17.9 Å². The Morgan fingerprint density at radius 3 is 2.67 bits per heavy atom. The van der Waals surface area contributed by atoms with Gasteiger partial charge in [0, 0.05) is 13.0 Å². The molecule has 7 nitrogen and oxygen atoms in total. The Balaban J connectivity index is 2.51.